The smallest absolute Gasteiger partial charge is 0.211 e. The summed E-state index contributed by atoms with van der Waals surface area (Å²) in [6, 6.07) is 0. The molecular weight excluding hydrogens is 380 g/mol. The number of aromatic nitrogens is 2. The normalized spacial score (nSPS) is 16.6. The van der Waals surface area contributed by atoms with E-state index in [0.717, 1.165) is 39.2 Å². The minimum Gasteiger partial charge on any atom is -0.233 e. The molecule has 0 atom stereocenters. The molecule has 0 N–H and O–H groups in total. The van der Waals surface area contributed by atoms with E-state index in [0.29, 0.717) is 31.2 Å². The summed E-state index contributed by atoms with van der Waals surface area (Å²) in [5, 5.41) is 0.984. The van der Waals surface area contributed by atoms with Crippen molar-refractivity contribution in [3.63, 3.8) is 0 Å². The Balaban J connectivity index is 2.03. The molecule has 1 aliphatic heterocycles. The van der Waals surface area contributed by atoms with Crippen LogP contribution in [0.1, 0.15) is 44.1 Å². The molecular formula is C19H26N4O2S2. The third-order valence-corrected chi connectivity index (χ3v) is 7.01. The van der Waals surface area contributed by atoms with Gasteiger partial charge in [0.2, 0.25) is 10.0 Å². The van der Waals surface area contributed by atoms with Gasteiger partial charge in [-0.2, -0.15) is 4.31 Å². The quantitative estimate of drug-likeness (QED) is 0.677. The van der Waals surface area contributed by atoms with E-state index in [1.807, 2.05) is 19.1 Å². The highest BCUT2D eigenvalue weighted by Gasteiger charge is 2.27. The summed E-state index contributed by atoms with van der Waals surface area (Å²) < 4.78 is 25.3. The van der Waals surface area contributed by atoms with Crippen molar-refractivity contribution < 1.29 is 8.42 Å². The van der Waals surface area contributed by atoms with Crippen molar-refractivity contribution in [2.24, 2.45) is 10.9 Å². The first-order chi connectivity index (χ1) is 12.8. The summed E-state index contributed by atoms with van der Waals surface area (Å²) in [7, 11) is -3.19. The van der Waals surface area contributed by atoms with Gasteiger partial charge in [-0.3, -0.25) is 0 Å². The van der Waals surface area contributed by atoms with Crippen molar-refractivity contribution >= 4 is 43.1 Å². The lowest BCUT2D eigenvalue weighted by molar-refractivity contribution is 0.400. The molecule has 146 valence electrons. The minimum absolute atomic E-state index is 0.410. The van der Waals surface area contributed by atoms with Gasteiger partial charge in [0.05, 0.1) is 11.6 Å². The number of aliphatic imine (C=N–C) groups is 1. The summed E-state index contributed by atoms with van der Waals surface area (Å²) >= 11 is 1.55. The Morgan fingerprint density at radius 2 is 2.19 bits per heavy atom. The maximum Gasteiger partial charge on any atom is 0.211 e. The van der Waals surface area contributed by atoms with Crippen molar-refractivity contribution in [1.82, 2.24) is 14.3 Å². The van der Waals surface area contributed by atoms with Crippen LogP contribution in [-0.2, 0) is 23.0 Å². The number of hydrogen-bond donors (Lipinski definition) is 0. The molecule has 0 aliphatic carbocycles. The molecule has 8 heteroatoms. The molecule has 27 heavy (non-hydrogen) atoms. The predicted octanol–water partition coefficient (Wildman–Crippen LogP) is 4.09. The van der Waals surface area contributed by atoms with Crippen molar-refractivity contribution in [3.05, 3.63) is 28.9 Å². The monoisotopic (exact) mass is 406 g/mol. The number of thiophene rings is 1. The zero-order valence-corrected chi connectivity index (χ0v) is 17.9. The van der Waals surface area contributed by atoms with Crippen molar-refractivity contribution in [3.8, 4) is 0 Å². The Hall–Kier alpha value is -1.64. The lowest BCUT2D eigenvalue weighted by Gasteiger charge is -2.24. The number of hydrogen-bond acceptors (Lipinski definition) is 6. The molecule has 0 amide bonds. The average molecular weight is 407 g/mol. The minimum atomic E-state index is -3.19. The molecule has 6 nitrogen and oxygen atoms in total. The molecule has 0 aromatic carbocycles. The van der Waals surface area contributed by atoms with E-state index in [2.05, 4.69) is 23.8 Å². The van der Waals surface area contributed by atoms with Crippen molar-refractivity contribution in [1.29, 1.82) is 0 Å². The van der Waals surface area contributed by atoms with Crippen molar-refractivity contribution in [2.75, 3.05) is 12.8 Å². The zero-order valence-electron chi connectivity index (χ0n) is 16.3. The van der Waals surface area contributed by atoms with E-state index in [9.17, 15) is 8.42 Å². The molecule has 0 fully saturated rings. The second-order valence-electron chi connectivity index (χ2n) is 7.26. The first kappa shape index (κ1) is 20.1. The largest absolute Gasteiger partial charge is 0.233 e. The summed E-state index contributed by atoms with van der Waals surface area (Å²) in [6.07, 6.45) is 9.50. The molecule has 0 bridgehead atoms. The number of fused-ring (bicyclic) bond motifs is 3. The Labute approximate surface area is 165 Å². The van der Waals surface area contributed by atoms with E-state index in [1.54, 1.807) is 17.7 Å². The fourth-order valence-electron chi connectivity index (χ4n) is 3.20. The number of sulfonamides is 1. The van der Waals surface area contributed by atoms with Gasteiger partial charge in [0.15, 0.2) is 5.82 Å². The number of nitrogens with zero attached hydrogens (tertiary/aromatic N) is 4. The van der Waals surface area contributed by atoms with Crippen LogP contribution in [0.4, 0.5) is 5.82 Å². The second-order valence-corrected chi connectivity index (χ2v) is 10.3. The fraction of sp³-hybridized carbons (Fsp3) is 0.526. The van der Waals surface area contributed by atoms with E-state index in [-0.39, 0.29) is 0 Å². The van der Waals surface area contributed by atoms with Crippen LogP contribution >= 0.6 is 11.3 Å². The Morgan fingerprint density at radius 3 is 2.85 bits per heavy atom. The average Bonchev–Trinajstić information content (AvgIpc) is 2.97. The van der Waals surface area contributed by atoms with Gasteiger partial charge < -0.3 is 0 Å². The van der Waals surface area contributed by atoms with Crippen LogP contribution in [0.15, 0.2) is 23.5 Å². The standard InChI is InChI=1S/C19H26N4O2S2/c1-5-6-14(8-7-13(2)3)22-18-17-15-9-10-23(27(4,24)25)11-16(15)26-19(17)21-12-20-18/h5-6,12-13H,7-11H2,1-4H3/b6-5-,22-14?. The highest BCUT2D eigenvalue weighted by molar-refractivity contribution is 7.88. The maximum absolute atomic E-state index is 11.9. The summed E-state index contributed by atoms with van der Waals surface area (Å²) in [4.78, 5) is 15.6. The van der Waals surface area contributed by atoms with Gasteiger partial charge in [-0.25, -0.2) is 23.4 Å². The fourth-order valence-corrected chi connectivity index (χ4v) is 5.26. The number of allylic oxidation sites excluding steroid dienone is 2. The highest BCUT2D eigenvalue weighted by Crippen LogP contribution is 2.38. The third-order valence-electron chi connectivity index (χ3n) is 4.64. The van der Waals surface area contributed by atoms with Gasteiger partial charge in [0.25, 0.3) is 0 Å². The predicted molar refractivity (Wildman–Crippen MR) is 112 cm³/mol. The van der Waals surface area contributed by atoms with Gasteiger partial charge >= 0.3 is 0 Å². The van der Waals surface area contributed by atoms with Crippen LogP contribution in [0.5, 0.6) is 0 Å². The molecule has 0 unspecified atom stereocenters. The summed E-state index contributed by atoms with van der Waals surface area (Å²) in [5.41, 5.74) is 2.16. The molecule has 0 saturated carbocycles. The molecule has 2 aromatic rings. The number of rotatable bonds is 6. The van der Waals surface area contributed by atoms with Gasteiger partial charge in [0.1, 0.15) is 11.2 Å². The second kappa shape index (κ2) is 8.16. The molecule has 0 saturated heterocycles. The lowest BCUT2D eigenvalue weighted by Crippen LogP contribution is -2.34. The zero-order chi connectivity index (χ0) is 19.6. The first-order valence-electron chi connectivity index (χ1n) is 9.20. The van der Waals surface area contributed by atoms with E-state index in [4.69, 9.17) is 4.99 Å². The molecule has 0 spiro atoms. The van der Waals surface area contributed by atoms with Crippen LogP contribution in [0, 0.1) is 5.92 Å². The van der Waals surface area contributed by atoms with Crippen LogP contribution in [0.2, 0.25) is 0 Å². The molecule has 3 rings (SSSR count). The molecule has 1 aliphatic rings. The van der Waals surface area contributed by atoms with Crippen LogP contribution in [0.25, 0.3) is 10.2 Å². The van der Waals surface area contributed by atoms with Gasteiger partial charge in [-0.1, -0.05) is 19.9 Å². The first-order valence-corrected chi connectivity index (χ1v) is 11.9. The molecule has 0 radical (unpaired) electrons. The lowest BCUT2D eigenvalue weighted by atomic mass is 10.0. The van der Waals surface area contributed by atoms with Crippen LogP contribution in [-0.4, -0.2) is 41.2 Å². The van der Waals surface area contributed by atoms with E-state index >= 15 is 0 Å². The Kier molecular flexibility index (Phi) is 6.08. The topological polar surface area (TPSA) is 75.5 Å². The van der Waals surface area contributed by atoms with Crippen LogP contribution in [0.3, 0.4) is 0 Å². The molecule has 3 heterocycles. The van der Waals surface area contributed by atoms with Gasteiger partial charge in [0, 0.05) is 23.7 Å². The molecule has 2 aromatic heterocycles. The van der Waals surface area contributed by atoms with E-state index in [1.165, 1.54) is 10.6 Å². The van der Waals surface area contributed by atoms with Gasteiger partial charge in [-0.05, 0) is 43.7 Å². The third kappa shape index (κ3) is 4.62. The van der Waals surface area contributed by atoms with Crippen molar-refractivity contribution in [2.45, 2.75) is 46.6 Å². The maximum atomic E-state index is 11.9. The van der Waals surface area contributed by atoms with Crippen LogP contribution < -0.4 is 0 Å². The van der Waals surface area contributed by atoms with E-state index < -0.39 is 10.0 Å². The van der Waals surface area contributed by atoms with Gasteiger partial charge in [-0.15, -0.1) is 11.3 Å². The highest BCUT2D eigenvalue weighted by atomic mass is 32.2. The Bertz CT molecular complexity index is 991. The SMILES string of the molecule is C/C=C\C(CCC(C)C)=Nc1ncnc2sc3c(c12)CCN(S(C)(=O)=O)C3. The summed E-state index contributed by atoms with van der Waals surface area (Å²) in [6.45, 7) is 7.31. The summed E-state index contributed by atoms with van der Waals surface area (Å²) in [5.74, 6) is 1.31. The Morgan fingerprint density at radius 1 is 1.41 bits per heavy atom.